The second kappa shape index (κ2) is 7.41. The number of hydrogen-bond donors (Lipinski definition) is 1. The molecular weight excluding hydrogens is 262 g/mol. The lowest BCUT2D eigenvalue weighted by Gasteiger charge is -2.18. The Morgan fingerprint density at radius 2 is 2.10 bits per heavy atom. The van der Waals surface area contributed by atoms with E-state index in [1.165, 1.54) is 11.3 Å². The van der Waals surface area contributed by atoms with Crippen molar-refractivity contribution in [3.8, 4) is 0 Å². The van der Waals surface area contributed by atoms with Crippen molar-refractivity contribution in [1.29, 1.82) is 0 Å². The molecule has 5 nitrogen and oxygen atoms in total. The molecule has 2 rings (SSSR count). The third-order valence-electron chi connectivity index (χ3n) is 3.81. The van der Waals surface area contributed by atoms with Crippen LogP contribution in [-0.4, -0.2) is 26.1 Å². The van der Waals surface area contributed by atoms with E-state index >= 15 is 0 Å². The minimum absolute atomic E-state index is 0.350. The molecule has 2 aromatic heterocycles. The quantitative estimate of drug-likeness (QED) is 0.811. The smallest absolute Gasteiger partial charge is 0.0625 e. The molecule has 0 amide bonds. The highest BCUT2D eigenvalue weighted by Crippen LogP contribution is 2.20. The molecule has 116 valence electrons. The SMILES string of the molecule is CCCNC(CCc1cnn(C)c1)c1cc(CC)nn1C. The molecule has 1 unspecified atom stereocenters. The van der Waals surface area contributed by atoms with E-state index < -0.39 is 0 Å². The first-order chi connectivity index (χ1) is 10.1. The van der Waals surface area contributed by atoms with Gasteiger partial charge in [-0.25, -0.2) is 0 Å². The van der Waals surface area contributed by atoms with E-state index in [1.54, 1.807) is 0 Å². The van der Waals surface area contributed by atoms with Crippen LogP contribution >= 0.6 is 0 Å². The average molecular weight is 289 g/mol. The molecule has 2 aromatic rings. The molecule has 1 atom stereocenters. The summed E-state index contributed by atoms with van der Waals surface area (Å²) in [6.07, 6.45) is 8.27. The summed E-state index contributed by atoms with van der Waals surface area (Å²) in [4.78, 5) is 0. The Morgan fingerprint density at radius 1 is 1.29 bits per heavy atom. The van der Waals surface area contributed by atoms with E-state index in [0.717, 1.165) is 37.9 Å². The second-order valence-electron chi connectivity index (χ2n) is 5.61. The molecule has 2 heterocycles. The Kier molecular flexibility index (Phi) is 5.56. The van der Waals surface area contributed by atoms with Crippen molar-refractivity contribution >= 4 is 0 Å². The highest BCUT2D eigenvalue weighted by molar-refractivity contribution is 5.15. The topological polar surface area (TPSA) is 47.7 Å². The van der Waals surface area contributed by atoms with Gasteiger partial charge in [-0.2, -0.15) is 10.2 Å². The van der Waals surface area contributed by atoms with Crippen LogP contribution in [0.3, 0.4) is 0 Å². The van der Waals surface area contributed by atoms with Gasteiger partial charge in [0.25, 0.3) is 0 Å². The molecule has 0 aliphatic carbocycles. The zero-order valence-corrected chi connectivity index (χ0v) is 13.6. The van der Waals surface area contributed by atoms with Gasteiger partial charge in [0.15, 0.2) is 0 Å². The predicted octanol–water partition coefficient (Wildman–Crippen LogP) is 2.39. The first-order valence-corrected chi connectivity index (χ1v) is 7.87. The van der Waals surface area contributed by atoms with Crippen LogP contribution in [0.5, 0.6) is 0 Å². The summed E-state index contributed by atoms with van der Waals surface area (Å²) in [5, 5.41) is 12.5. The van der Waals surface area contributed by atoms with Crippen LogP contribution in [0, 0.1) is 0 Å². The minimum Gasteiger partial charge on any atom is -0.309 e. The van der Waals surface area contributed by atoms with Crippen molar-refractivity contribution in [2.24, 2.45) is 14.1 Å². The summed E-state index contributed by atoms with van der Waals surface area (Å²) >= 11 is 0. The molecule has 0 aromatic carbocycles. The van der Waals surface area contributed by atoms with Crippen LogP contribution in [-0.2, 0) is 26.9 Å². The Labute approximate surface area is 127 Å². The van der Waals surface area contributed by atoms with Crippen LogP contribution in [0.15, 0.2) is 18.5 Å². The molecule has 0 saturated heterocycles. The summed E-state index contributed by atoms with van der Waals surface area (Å²) in [6.45, 7) is 5.38. The van der Waals surface area contributed by atoms with Gasteiger partial charge in [-0.15, -0.1) is 0 Å². The van der Waals surface area contributed by atoms with Crippen molar-refractivity contribution < 1.29 is 0 Å². The summed E-state index contributed by atoms with van der Waals surface area (Å²) < 4.78 is 3.89. The van der Waals surface area contributed by atoms with Crippen LogP contribution in [0.1, 0.15) is 49.7 Å². The Morgan fingerprint density at radius 3 is 2.67 bits per heavy atom. The molecule has 0 spiro atoms. The number of nitrogens with one attached hydrogen (secondary N) is 1. The van der Waals surface area contributed by atoms with E-state index in [0.29, 0.717) is 6.04 Å². The fourth-order valence-electron chi connectivity index (χ4n) is 2.63. The van der Waals surface area contributed by atoms with Crippen molar-refractivity contribution in [1.82, 2.24) is 24.9 Å². The summed E-state index contributed by atoms with van der Waals surface area (Å²) in [5.74, 6) is 0. The molecule has 0 aliphatic heterocycles. The summed E-state index contributed by atoms with van der Waals surface area (Å²) in [7, 11) is 4.00. The molecule has 0 radical (unpaired) electrons. The minimum atomic E-state index is 0.350. The van der Waals surface area contributed by atoms with Gasteiger partial charge >= 0.3 is 0 Å². The molecular formula is C16H27N5. The highest BCUT2D eigenvalue weighted by atomic mass is 15.3. The fraction of sp³-hybridized carbons (Fsp3) is 0.625. The number of aryl methyl sites for hydroxylation is 4. The van der Waals surface area contributed by atoms with Gasteiger partial charge in [0.2, 0.25) is 0 Å². The van der Waals surface area contributed by atoms with E-state index in [4.69, 9.17) is 0 Å². The van der Waals surface area contributed by atoms with E-state index in [1.807, 2.05) is 29.7 Å². The lowest BCUT2D eigenvalue weighted by Crippen LogP contribution is -2.24. The van der Waals surface area contributed by atoms with Gasteiger partial charge in [-0.05, 0) is 43.9 Å². The van der Waals surface area contributed by atoms with Gasteiger partial charge in [0.05, 0.1) is 17.6 Å². The molecule has 21 heavy (non-hydrogen) atoms. The van der Waals surface area contributed by atoms with Crippen LogP contribution < -0.4 is 5.32 Å². The molecule has 0 saturated carbocycles. The Balaban J connectivity index is 2.07. The number of aromatic nitrogens is 4. The van der Waals surface area contributed by atoms with E-state index in [-0.39, 0.29) is 0 Å². The second-order valence-corrected chi connectivity index (χ2v) is 5.61. The normalized spacial score (nSPS) is 12.8. The van der Waals surface area contributed by atoms with E-state index in [9.17, 15) is 0 Å². The molecule has 5 heteroatoms. The lowest BCUT2D eigenvalue weighted by atomic mass is 10.0. The van der Waals surface area contributed by atoms with Crippen molar-refractivity contribution in [2.75, 3.05) is 6.54 Å². The average Bonchev–Trinajstić information content (AvgIpc) is 3.05. The van der Waals surface area contributed by atoms with Gasteiger partial charge in [-0.1, -0.05) is 13.8 Å². The van der Waals surface area contributed by atoms with Gasteiger partial charge < -0.3 is 5.32 Å². The number of hydrogen-bond acceptors (Lipinski definition) is 3. The molecule has 0 fully saturated rings. The van der Waals surface area contributed by atoms with Crippen LogP contribution in [0.25, 0.3) is 0 Å². The fourth-order valence-corrected chi connectivity index (χ4v) is 2.63. The highest BCUT2D eigenvalue weighted by Gasteiger charge is 2.16. The van der Waals surface area contributed by atoms with Gasteiger partial charge in [0, 0.05) is 26.3 Å². The molecule has 0 bridgehead atoms. The largest absolute Gasteiger partial charge is 0.309 e. The standard InChI is InChI=1S/C16H27N5/c1-5-9-17-15(8-7-13-11-18-20(3)12-13)16-10-14(6-2)19-21(16)4/h10-12,15,17H,5-9H2,1-4H3. The van der Waals surface area contributed by atoms with Crippen molar-refractivity contribution in [3.63, 3.8) is 0 Å². The number of nitrogens with zero attached hydrogens (tertiary/aromatic N) is 4. The van der Waals surface area contributed by atoms with Gasteiger partial charge in [-0.3, -0.25) is 9.36 Å². The van der Waals surface area contributed by atoms with Crippen molar-refractivity contribution in [3.05, 3.63) is 35.4 Å². The maximum Gasteiger partial charge on any atom is 0.0625 e. The van der Waals surface area contributed by atoms with Crippen LogP contribution in [0.4, 0.5) is 0 Å². The van der Waals surface area contributed by atoms with Gasteiger partial charge in [0.1, 0.15) is 0 Å². The maximum absolute atomic E-state index is 4.58. The predicted molar refractivity (Wildman–Crippen MR) is 85.1 cm³/mol. The van der Waals surface area contributed by atoms with E-state index in [2.05, 4.69) is 41.6 Å². The third kappa shape index (κ3) is 4.17. The monoisotopic (exact) mass is 289 g/mol. The first-order valence-electron chi connectivity index (χ1n) is 7.87. The van der Waals surface area contributed by atoms with Crippen molar-refractivity contribution in [2.45, 2.75) is 45.6 Å². The zero-order valence-electron chi connectivity index (χ0n) is 13.6. The zero-order chi connectivity index (χ0) is 15.2. The lowest BCUT2D eigenvalue weighted by molar-refractivity contribution is 0.468. The third-order valence-corrected chi connectivity index (χ3v) is 3.81. The first kappa shape index (κ1) is 15.8. The molecule has 1 N–H and O–H groups in total. The maximum atomic E-state index is 4.58. The van der Waals surface area contributed by atoms with Crippen LogP contribution in [0.2, 0.25) is 0 Å². The Bertz CT molecular complexity index is 555. The molecule has 0 aliphatic rings. The summed E-state index contributed by atoms with van der Waals surface area (Å²) in [5.41, 5.74) is 3.74. The summed E-state index contributed by atoms with van der Waals surface area (Å²) in [6, 6.07) is 2.58. The number of rotatable bonds is 8. The Hall–Kier alpha value is -1.62.